The van der Waals surface area contributed by atoms with Crippen molar-refractivity contribution in [2.45, 2.75) is 18.9 Å². The minimum atomic E-state index is -0.552. The Kier molecular flexibility index (Phi) is 6.41. The smallest absolute Gasteiger partial charge is 0.262 e. The molecule has 0 bridgehead atoms. The second-order valence-corrected chi connectivity index (χ2v) is 6.90. The van der Waals surface area contributed by atoms with Gasteiger partial charge in [-0.2, -0.15) is 0 Å². The molecule has 2 N–H and O–H groups in total. The molecule has 8 heteroatoms. The van der Waals surface area contributed by atoms with Gasteiger partial charge in [0.25, 0.3) is 11.8 Å². The zero-order valence-corrected chi connectivity index (χ0v) is 15.9. The van der Waals surface area contributed by atoms with E-state index in [0.29, 0.717) is 22.5 Å². The third-order valence-electron chi connectivity index (χ3n) is 3.91. The zero-order chi connectivity index (χ0) is 19.2. The van der Waals surface area contributed by atoms with Crippen molar-refractivity contribution in [3.8, 4) is 5.75 Å². The lowest BCUT2D eigenvalue weighted by Gasteiger charge is -2.11. The fraction of sp³-hybridized carbons (Fsp3) is 0.263. The molecule has 2 aromatic carbocycles. The van der Waals surface area contributed by atoms with Crippen molar-refractivity contribution < 1.29 is 23.5 Å². The van der Waals surface area contributed by atoms with Crippen molar-refractivity contribution in [1.82, 2.24) is 0 Å². The van der Waals surface area contributed by atoms with Gasteiger partial charge in [-0.25, -0.2) is 4.39 Å². The summed E-state index contributed by atoms with van der Waals surface area (Å²) in [7, 11) is 0. The number of benzene rings is 2. The number of hydrogen-bond acceptors (Lipinski definition) is 4. The van der Waals surface area contributed by atoms with E-state index in [1.54, 1.807) is 30.3 Å². The van der Waals surface area contributed by atoms with Gasteiger partial charge in [0.1, 0.15) is 6.10 Å². The molecule has 1 fully saturated rings. The van der Waals surface area contributed by atoms with Crippen LogP contribution in [0.2, 0.25) is 0 Å². The summed E-state index contributed by atoms with van der Waals surface area (Å²) < 4.78 is 24.8. The minimum absolute atomic E-state index is 0.000502. The summed E-state index contributed by atoms with van der Waals surface area (Å²) in [4.78, 5) is 23.9. The van der Waals surface area contributed by atoms with E-state index >= 15 is 0 Å². The Bertz CT molecular complexity index is 823. The van der Waals surface area contributed by atoms with Crippen LogP contribution in [0.3, 0.4) is 0 Å². The van der Waals surface area contributed by atoms with Crippen molar-refractivity contribution in [2.24, 2.45) is 0 Å². The number of hydrogen-bond donors (Lipinski definition) is 2. The molecule has 2 aromatic rings. The van der Waals surface area contributed by atoms with Crippen LogP contribution in [0, 0.1) is 5.82 Å². The largest absolute Gasteiger partial charge is 0.481 e. The lowest BCUT2D eigenvalue weighted by atomic mass is 10.2. The first-order valence-corrected chi connectivity index (χ1v) is 9.21. The predicted molar refractivity (Wildman–Crippen MR) is 102 cm³/mol. The highest BCUT2D eigenvalue weighted by molar-refractivity contribution is 9.10. The van der Waals surface area contributed by atoms with Crippen molar-refractivity contribution in [3.05, 3.63) is 52.8 Å². The Morgan fingerprint density at radius 3 is 2.48 bits per heavy atom. The van der Waals surface area contributed by atoms with E-state index < -0.39 is 17.8 Å². The lowest BCUT2D eigenvalue weighted by Crippen LogP contribution is -2.26. The number of rotatable bonds is 6. The highest BCUT2D eigenvalue weighted by Crippen LogP contribution is 2.21. The Labute approximate surface area is 164 Å². The number of anilines is 2. The Morgan fingerprint density at radius 1 is 1.15 bits per heavy atom. The molecule has 1 saturated heterocycles. The second kappa shape index (κ2) is 8.96. The maximum absolute atomic E-state index is 13.7. The molecule has 3 rings (SSSR count). The molecule has 6 nitrogen and oxygen atoms in total. The van der Waals surface area contributed by atoms with Crippen LogP contribution in [0.15, 0.2) is 46.9 Å². The van der Waals surface area contributed by atoms with Crippen LogP contribution in [-0.4, -0.2) is 31.1 Å². The van der Waals surface area contributed by atoms with Gasteiger partial charge in [-0.05, 0) is 55.3 Å². The van der Waals surface area contributed by atoms with E-state index in [9.17, 15) is 14.0 Å². The van der Waals surface area contributed by atoms with Crippen molar-refractivity contribution in [3.63, 3.8) is 0 Å². The van der Waals surface area contributed by atoms with E-state index in [-0.39, 0.29) is 18.3 Å². The van der Waals surface area contributed by atoms with Gasteiger partial charge in [0, 0.05) is 22.5 Å². The Hall–Kier alpha value is -2.45. The van der Waals surface area contributed by atoms with Gasteiger partial charge < -0.3 is 20.1 Å². The molecule has 1 unspecified atom stereocenters. The van der Waals surface area contributed by atoms with E-state index in [1.807, 2.05) is 0 Å². The Balaban J connectivity index is 1.48. The standard InChI is InChI=1S/C19H18BrFN2O4/c20-12-3-8-16(15(21)10-12)27-11-18(24)22-13-4-6-14(7-5-13)23-19(25)17-2-1-9-26-17/h3-8,10,17H,1-2,9,11H2,(H,22,24)(H,23,25). The van der Waals surface area contributed by atoms with Crippen molar-refractivity contribution >= 4 is 39.1 Å². The van der Waals surface area contributed by atoms with Crippen molar-refractivity contribution in [1.29, 1.82) is 0 Å². The van der Waals surface area contributed by atoms with E-state index in [4.69, 9.17) is 9.47 Å². The molecule has 1 heterocycles. The molecule has 0 aromatic heterocycles. The van der Waals surface area contributed by atoms with Crippen LogP contribution in [0.4, 0.5) is 15.8 Å². The summed E-state index contributed by atoms with van der Waals surface area (Å²) >= 11 is 3.15. The molecular weight excluding hydrogens is 419 g/mol. The van der Waals surface area contributed by atoms with E-state index in [0.717, 1.165) is 12.8 Å². The maximum Gasteiger partial charge on any atom is 0.262 e. The van der Waals surface area contributed by atoms with E-state index in [2.05, 4.69) is 26.6 Å². The van der Waals surface area contributed by atoms with Gasteiger partial charge in [-0.15, -0.1) is 0 Å². The molecule has 0 saturated carbocycles. The molecule has 2 amide bonds. The lowest BCUT2D eigenvalue weighted by molar-refractivity contribution is -0.124. The molecule has 27 heavy (non-hydrogen) atoms. The van der Waals surface area contributed by atoms with Gasteiger partial charge in [-0.1, -0.05) is 15.9 Å². The average Bonchev–Trinajstić information content (AvgIpc) is 3.17. The molecular formula is C19H18BrFN2O4. The fourth-order valence-electron chi connectivity index (χ4n) is 2.58. The van der Waals surface area contributed by atoms with Gasteiger partial charge >= 0.3 is 0 Å². The average molecular weight is 437 g/mol. The first-order chi connectivity index (χ1) is 13.0. The normalized spacial score (nSPS) is 16.0. The molecule has 1 aliphatic rings. The molecule has 0 radical (unpaired) electrons. The number of ether oxygens (including phenoxy) is 2. The predicted octanol–water partition coefficient (Wildman–Crippen LogP) is 3.72. The van der Waals surface area contributed by atoms with Crippen LogP contribution in [0.5, 0.6) is 5.75 Å². The van der Waals surface area contributed by atoms with Gasteiger partial charge in [0.15, 0.2) is 18.2 Å². The number of halogens is 2. The highest BCUT2D eigenvalue weighted by atomic mass is 79.9. The van der Waals surface area contributed by atoms with Crippen LogP contribution in [0.1, 0.15) is 12.8 Å². The van der Waals surface area contributed by atoms with Crippen molar-refractivity contribution in [2.75, 3.05) is 23.8 Å². The zero-order valence-electron chi connectivity index (χ0n) is 14.3. The summed E-state index contributed by atoms with van der Waals surface area (Å²) in [5, 5.41) is 5.42. The SMILES string of the molecule is O=C(COc1ccc(Br)cc1F)Nc1ccc(NC(=O)C2CCCO2)cc1. The number of carbonyl (C=O) groups excluding carboxylic acids is 2. The maximum atomic E-state index is 13.7. The molecule has 0 spiro atoms. The van der Waals surface area contributed by atoms with E-state index in [1.165, 1.54) is 12.1 Å². The van der Waals surface area contributed by atoms with Crippen LogP contribution < -0.4 is 15.4 Å². The topological polar surface area (TPSA) is 76.7 Å². The van der Waals surface area contributed by atoms with Crippen LogP contribution in [-0.2, 0) is 14.3 Å². The monoisotopic (exact) mass is 436 g/mol. The third kappa shape index (κ3) is 5.51. The van der Waals surface area contributed by atoms with Gasteiger partial charge in [0.2, 0.25) is 0 Å². The Morgan fingerprint density at radius 2 is 1.85 bits per heavy atom. The van der Waals surface area contributed by atoms with Crippen LogP contribution in [0.25, 0.3) is 0 Å². The molecule has 142 valence electrons. The summed E-state index contributed by atoms with van der Waals surface area (Å²) in [6, 6.07) is 11.0. The summed E-state index contributed by atoms with van der Waals surface area (Å²) in [5.41, 5.74) is 1.15. The van der Waals surface area contributed by atoms with Crippen LogP contribution >= 0.6 is 15.9 Å². The van der Waals surface area contributed by atoms with Gasteiger partial charge in [0.05, 0.1) is 0 Å². The first kappa shape index (κ1) is 19.3. The molecule has 1 atom stereocenters. The quantitative estimate of drug-likeness (QED) is 0.723. The summed E-state index contributed by atoms with van der Waals surface area (Å²) in [5.74, 6) is -1.15. The molecule has 0 aliphatic carbocycles. The molecule has 1 aliphatic heterocycles. The second-order valence-electron chi connectivity index (χ2n) is 5.98. The van der Waals surface area contributed by atoms with Gasteiger partial charge in [-0.3, -0.25) is 9.59 Å². The number of carbonyl (C=O) groups is 2. The third-order valence-corrected chi connectivity index (χ3v) is 4.40. The number of amides is 2. The summed E-state index contributed by atoms with van der Waals surface area (Å²) in [6.07, 6.45) is 1.20. The summed E-state index contributed by atoms with van der Waals surface area (Å²) in [6.45, 7) is 0.283. The minimum Gasteiger partial charge on any atom is -0.481 e. The highest BCUT2D eigenvalue weighted by Gasteiger charge is 2.23. The number of nitrogens with one attached hydrogen (secondary N) is 2. The first-order valence-electron chi connectivity index (χ1n) is 8.41. The fourth-order valence-corrected chi connectivity index (χ4v) is 2.91.